The molecule has 0 aliphatic carbocycles. The Morgan fingerprint density at radius 2 is 1.93 bits per heavy atom. The summed E-state index contributed by atoms with van der Waals surface area (Å²) in [6.45, 7) is 0. The second-order valence-corrected chi connectivity index (χ2v) is 5.62. The van der Waals surface area contributed by atoms with Crippen molar-refractivity contribution < 1.29 is 0 Å². The van der Waals surface area contributed by atoms with Crippen molar-refractivity contribution in [2.24, 2.45) is 5.10 Å². The molecule has 0 unspecified atom stereocenters. The van der Waals surface area contributed by atoms with Crippen molar-refractivity contribution in [2.45, 2.75) is 0 Å². The van der Waals surface area contributed by atoms with Crippen LogP contribution < -0.4 is 0 Å². The van der Waals surface area contributed by atoms with E-state index in [9.17, 15) is 0 Å². The summed E-state index contributed by atoms with van der Waals surface area (Å²) < 4.78 is 2.57. The molecule has 0 fully saturated rings. The molecule has 3 heteroatoms. The molecule has 0 saturated carbocycles. The van der Waals surface area contributed by atoms with E-state index in [1.54, 1.807) is 0 Å². The van der Waals surface area contributed by atoms with E-state index < -0.39 is 0 Å². The second-order valence-electron chi connectivity index (χ2n) is 3.30. The van der Waals surface area contributed by atoms with Gasteiger partial charge in [-0.2, -0.15) is 0 Å². The van der Waals surface area contributed by atoms with Gasteiger partial charge in [-0.3, -0.25) is 0 Å². The third kappa shape index (κ3) is 1.62. The van der Waals surface area contributed by atoms with Crippen LogP contribution >= 0.6 is 0 Å². The first-order valence-corrected chi connectivity index (χ1v) is 6.68. The SMILES string of the molecule is C1=CC2=[As]C(c3ccccc3)=NN2C=C1. The van der Waals surface area contributed by atoms with E-state index in [0.717, 1.165) is 0 Å². The van der Waals surface area contributed by atoms with Crippen molar-refractivity contribution in [1.82, 2.24) is 5.01 Å². The number of hydrazone groups is 1. The summed E-state index contributed by atoms with van der Waals surface area (Å²) in [4.78, 5) is 0. The third-order valence-electron chi connectivity index (χ3n) is 2.27. The van der Waals surface area contributed by atoms with Crippen LogP contribution in [-0.4, -0.2) is 29.2 Å². The van der Waals surface area contributed by atoms with Gasteiger partial charge < -0.3 is 0 Å². The van der Waals surface area contributed by atoms with Gasteiger partial charge in [-0.15, -0.1) is 0 Å². The summed E-state index contributed by atoms with van der Waals surface area (Å²) >= 11 is 0.0431. The van der Waals surface area contributed by atoms with Crippen molar-refractivity contribution in [1.29, 1.82) is 0 Å². The van der Waals surface area contributed by atoms with E-state index in [0.29, 0.717) is 0 Å². The molecular formula is C12H9AsN2. The molecule has 0 bridgehead atoms. The van der Waals surface area contributed by atoms with E-state index in [2.05, 4.69) is 41.5 Å². The fourth-order valence-corrected chi connectivity index (χ4v) is 3.66. The van der Waals surface area contributed by atoms with Crippen molar-refractivity contribution in [3.05, 3.63) is 60.3 Å². The van der Waals surface area contributed by atoms with Crippen LogP contribution in [0.15, 0.2) is 59.9 Å². The van der Waals surface area contributed by atoms with Crippen molar-refractivity contribution >= 4 is 24.2 Å². The molecule has 3 rings (SSSR count). The van der Waals surface area contributed by atoms with Gasteiger partial charge in [0.2, 0.25) is 0 Å². The molecule has 2 heterocycles. The molecule has 1 aromatic carbocycles. The van der Waals surface area contributed by atoms with Crippen LogP contribution in [-0.2, 0) is 0 Å². The minimum absolute atomic E-state index is 0.0431. The van der Waals surface area contributed by atoms with Crippen LogP contribution in [0.1, 0.15) is 5.56 Å². The van der Waals surface area contributed by atoms with Gasteiger partial charge in [-0.05, 0) is 0 Å². The van der Waals surface area contributed by atoms with Gasteiger partial charge in [0, 0.05) is 0 Å². The Morgan fingerprint density at radius 3 is 2.73 bits per heavy atom. The normalized spacial score (nSPS) is 18.5. The van der Waals surface area contributed by atoms with Gasteiger partial charge in [0.1, 0.15) is 0 Å². The molecule has 2 nitrogen and oxygen atoms in total. The van der Waals surface area contributed by atoms with Crippen molar-refractivity contribution in [2.75, 3.05) is 0 Å². The number of nitrogens with zero attached hydrogens (tertiary/aromatic N) is 2. The number of benzene rings is 1. The number of rotatable bonds is 1. The Hall–Kier alpha value is -1.40. The van der Waals surface area contributed by atoms with Crippen LogP contribution in [0, 0.1) is 0 Å². The Balaban J connectivity index is 2.01. The summed E-state index contributed by atoms with van der Waals surface area (Å²) in [5, 5.41) is 6.59. The van der Waals surface area contributed by atoms with Gasteiger partial charge >= 0.3 is 94.7 Å². The van der Waals surface area contributed by atoms with E-state index in [1.807, 2.05) is 23.4 Å². The molecule has 2 aliphatic heterocycles. The maximum absolute atomic E-state index is 4.60. The third-order valence-corrected chi connectivity index (χ3v) is 4.67. The Bertz CT molecular complexity index is 498. The average Bonchev–Trinajstić information content (AvgIpc) is 2.74. The summed E-state index contributed by atoms with van der Waals surface area (Å²) in [7, 11) is 0. The number of hydrogen-bond acceptors (Lipinski definition) is 2. The van der Waals surface area contributed by atoms with E-state index >= 15 is 0 Å². The molecule has 0 spiro atoms. The summed E-state index contributed by atoms with van der Waals surface area (Å²) in [5.74, 6) is 0. The van der Waals surface area contributed by atoms with E-state index in [4.69, 9.17) is 0 Å². The van der Waals surface area contributed by atoms with Crippen LogP contribution in [0.5, 0.6) is 0 Å². The maximum atomic E-state index is 4.60. The molecule has 0 aromatic heterocycles. The Kier molecular flexibility index (Phi) is 2.15. The zero-order valence-corrected chi connectivity index (χ0v) is 9.91. The van der Waals surface area contributed by atoms with Gasteiger partial charge in [0.05, 0.1) is 0 Å². The predicted molar refractivity (Wildman–Crippen MR) is 63.9 cm³/mol. The molecule has 1 aromatic rings. The standard InChI is InChI=1S/C12H9AsN2/c1-2-6-10(7-3-1)12-13-11-8-4-5-9-15(11)14-12/h1-9H. The zero-order chi connectivity index (χ0) is 10.1. The number of hydrogen-bond donors (Lipinski definition) is 0. The minimum atomic E-state index is 0.0431. The fraction of sp³-hybridized carbons (Fsp3) is 0. The molecule has 15 heavy (non-hydrogen) atoms. The number of allylic oxidation sites excluding steroid dienone is 2. The van der Waals surface area contributed by atoms with Crippen LogP contribution in [0.3, 0.4) is 0 Å². The molecule has 0 N–H and O–H groups in total. The first-order valence-electron chi connectivity index (χ1n) is 4.80. The monoisotopic (exact) mass is 256 g/mol. The van der Waals surface area contributed by atoms with Crippen LogP contribution in [0.2, 0.25) is 0 Å². The van der Waals surface area contributed by atoms with Crippen LogP contribution in [0.25, 0.3) is 0 Å². The molecule has 72 valence electrons. The Morgan fingerprint density at radius 1 is 1.07 bits per heavy atom. The molecule has 0 amide bonds. The summed E-state index contributed by atoms with van der Waals surface area (Å²) in [6.07, 6.45) is 8.26. The summed E-state index contributed by atoms with van der Waals surface area (Å²) in [5.41, 5.74) is 1.25. The van der Waals surface area contributed by atoms with Crippen LogP contribution in [0.4, 0.5) is 0 Å². The van der Waals surface area contributed by atoms with Gasteiger partial charge in [-0.25, -0.2) is 0 Å². The van der Waals surface area contributed by atoms with E-state index in [-0.39, 0.29) is 15.3 Å². The predicted octanol–water partition coefficient (Wildman–Crippen LogP) is 1.58. The van der Waals surface area contributed by atoms with Crippen molar-refractivity contribution in [3.63, 3.8) is 0 Å². The molecule has 0 atom stereocenters. The van der Waals surface area contributed by atoms with E-state index in [1.165, 1.54) is 14.5 Å². The topological polar surface area (TPSA) is 15.6 Å². The average molecular weight is 256 g/mol. The summed E-state index contributed by atoms with van der Waals surface area (Å²) in [6, 6.07) is 10.4. The van der Waals surface area contributed by atoms with Gasteiger partial charge in [0.15, 0.2) is 0 Å². The molecule has 2 aliphatic rings. The quantitative estimate of drug-likeness (QED) is 0.696. The number of fused-ring (bicyclic) bond motifs is 1. The second kappa shape index (κ2) is 3.63. The van der Waals surface area contributed by atoms with Crippen molar-refractivity contribution in [3.8, 4) is 0 Å². The first kappa shape index (κ1) is 8.87. The zero-order valence-electron chi connectivity index (χ0n) is 8.04. The molecular weight excluding hydrogens is 247 g/mol. The van der Waals surface area contributed by atoms with Gasteiger partial charge in [0.25, 0.3) is 0 Å². The van der Waals surface area contributed by atoms with Gasteiger partial charge in [-0.1, -0.05) is 0 Å². The Labute approximate surface area is 94.8 Å². The fourth-order valence-electron chi connectivity index (χ4n) is 1.54. The first-order chi connectivity index (χ1) is 7.43. The molecule has 0 radical (unpaired) electrons. The molecule has 0 saturated heterocycles.